The van der Waals surface area contributed by atoms with Crippen LogP contribution < -0.4 is 5.32 Å². The van der Waals surface area contributed by atoms with Gasteiger partial charge in [0.05, 0.1) is 0 Å². The number of nitrogens with one attached hydrogen (secondary N) is 1. The van der Waals surface area contributed by atoms with Crippen LogP contribution in [-0.4, -0.2) is 24.8 Å². The van der Waals surface area contributed by atoms with E-state index in [1.54, 1.807) is 11.8 Å². The Morgan fingerprint density at radius 1 is 1.06 bits per heavy atom. The fraction of sp³-hybridized carbons (Fsp3) is 0.600. The van der Waals surface area contributed by atoms with Crippen LogP contribution >= 0.6 is 23.5 Å². The minimum absolute atomic E-state index is 0.460. The molecular weight excluding hydrogens is 258 g/mol. The lowest BCUT2D eigenvalue weighted by Gasteiger charge is -2.14. The number of hydrogen-bond donors (Lipinski definition) is 1. The lowest BCUT2D eigenvalue weighted by Crippen LogP contribution is -2.19. The predicted octanol–water partition coefficient (Wildman–Crippen LogP) is 4.59. The van der Waals surface area contributed by atoms with Crippen molar-refractivity contribution in [2.24, 2.45) is 0 Å². The summed E-state index contributed by atoms with van der Waals surface area (Å²) >= 11 is 3.74. The third-order valence-electron chi connectivity index (χ3n) is 3.09. The summed E-state index contributed by atoms with van der Waals surface area (Å²) in [7, 11) is 0. The SMILES string of the molecule is CSCCCCCNC(C)c1ccc(SC)cc1. The van der Waals surface area contributed by atoms with Crippen LogP contribution in [0.15, 0.2) is 29.2 Å². The van der Waals surface area contributed by atoms with Crippen molar-refractivity contribution in [2.75, 3.05) is 24.8 Å². The van der Waals surface area contributed by atoms with Gasteiger partial charge in [0, 0.05) is 10.9 Å². The average Bonchev–Trinajstić information content (AvgIpc) is 2.42. The van der Waals surface area contributed by atoms with Gasteiger partial charge in [0.25, 0.3) is 0 Å². The molecule has 18 heavy (non-hydrogen) atoms. The minimum atomic E-state index is 0.460. The predicted molar refractivity (Wildman–Crippen MR) is 86.9 cm³/mol. The topological polar surface area (TPSA) is 12.0 Å². The number of unbranched alkanes of at least 4 members (excludes halogenated alkanes) is 2. The van der Waals surface area contributed by atoms with Crippen molar-refractivity contribution in [1.82, 2.24) is 5.32 Å². The van der Waals surface area contributed by atoms with Crippen molar-refractivity contribution < 1.29 is 0 Å². The van der Waals surface area contributed by atoms with Crippen molar-refractivity contribution in [2.45, 2.75) is 37.1 Å². The molecule has 0 fully saturated rings. The summed E-state index contributed by atoms with van der Waals surface area (Å²) in [5.41, 5.74) is 1.39. The normalized spacial score (nSPS) is 12.6. The summed E-state index contributed by atoms with van der Waals surface area (Å²) in [6.45, 7) is 3.37. The molecule has 0 bridgehead atoms. The molecule has 0 aliphatic carbocycles. The van der Waals surface area contributed by atoms with Crippen molar-refractivity contribution in [3.63, 3.8) is 0 Å². The third kappa shape index (κ3) is 6.17. The fourth-order valence-electron chi connectivity index (χ4n) is 1.88. The molecule has 0 radical (unpaired) electrons. The van der Waals surface area contributed by atoms with E-state index in [1.807, 2.05) is 11.8 Å². The molecule has 1 rings (SSSR count). The minimum Gasteiger partial charge on any atom is -0.310 e. The molecule has 1 atom stereocenters. The Bertz CT molecular complexity index is 311. The van der Waals surface area contributed by atoms with Crippen LogP contribution in [0.25, 0.3) is 0 Å². The molecule has 0 aliphatic rings. The Morgan fingerprint density at radius 2 is 1.78 bits per heavy atom. The standard InChI is InChI=1S/C15H25NS2/c1-13(16-11-5-4-6-12-17-2)14-7-9-15(18-3)10-8-14/h7-10,13,16H,4-6,11-12H2,1-3H3. The molecule has 1 N–H and O–H groups in total. The largest absolute Gasteiger partial charge is 0.310 e. The van der Waals surface area contributed by atoms with E-state index in [0.717, 1.165) is 6.54 Å². The second-order valence-electron chi connectivity index (χ2n) is 4.50. The molecule has 0 spiro atoms. The highest BCUT2D eigenvalue weighted by atomic mass is 32.2. The van der Waals surface area contributed by atoms with Gasteiger partial charge in [-0.15, -0.1) is 11.8 Å². The van der Waals surface area contributed by atoms with Crippen molar-refractivity contribution in [3.05, 3.63) is 29.8 Å². The first-order valence-electron chi connectivity index (χ1n) is 6.64. The van der Waals surface area contributed by atoms with Crippen LogP contribution in [0.1, 0.15) is 37.8 Å². The number of hydrogen-bond acceptors (Lipinski definition) is 3. The van der Waals surface area contributed by atoms with Gasteiger partial charge in [-0.05, 0) is 62.3 Å². The highest BCUT2D eigenvalue weighted by molar-refractivity contribution is 7.98. The van der Waals surface area contributed by atoms with E-state index >= 15 is 0 Å². The molecule has 1 aromatic carbocycles. The molecule has 102 valence electrons. The van der Waals surface area contributed by atoms with Crippen LogP contribution in [-0.2, 0) is 0 Å². The molecular formula is C15H25NS2. The van der Waals surface area contributed by atoms with Crippen molar-refractivity contribution in [1.29, 1.82) is 0 Å². The fourth-order valence-corrected chi connectivity index (χ4v) is 2.78. The van der Waals surface area contributed by atoms with Gasteiger partial charge in [0.2, 0.25) is 0 Å². The summed E-state index contributed by atoms with van der Waals surface area (Å²) in [4.78, 5) is 1.34. The first-order chi connectivity index (χ1) is 8.77. The third-order valence-corrected chi connectivity index (χ3v) is 4.53. The maximum absolute atomic E-state index is 3.60. The Labute approximate surface area is 121 Å². The van der Waals surface area contributed by atoms with E-state index in [9.17, 15) is 0 Å². The quantitative estimate of drug-likeness (QED) is 0.526. The van der Waals surface area contributed by atoms with Gasteiger partial charge in [-0.1, -0.05) is 18.6 Å². The van der Waals surface area contributed by atoms with Crippen LogP contribution in [0.4, 0.5) is 0 Å². The second kappa shape index (κ2) is 9.76. The highest BCUT2D eigenvalue weighted by Gasteiger charge is 2.03. The average molecular weight is 284 g/mol. The van der Waals surface area contributed by atoms with Gasteiger partial charge in [0.1, 0.15) is 0 Å². The number of benzene rings is 1. The Balaban J connectivity index is 2.21. The summed E-state index contributed by atoms with van der Waals surface area (Å²) in [5, 5.41) is 3.60. The summed E-state index contributed by atoms with van der Waals surface area (Å²) in [6, 6.07) is 9.34. The van der Waals surface area contributed by atoms with Gasteiger partial charge in [0.15, 0.2) is 0 Å². The van der Waals surface area contributed by atoms with Gasteiger partial charge >= 0.3 is 0 Å². The molecule has 0 aliphatic heterocycles. The second-order valence-corrected chi connectivity index (χ2v) is 6.37. The lowest BCUT2D eigenvalue weighted by molar-refractivity contribution is 0.544. The monoisotopic (exact) mass is 283 g/mol. The Morgan fingerprint density at radius 3 is 2.39 bits per heavy atom. The van der Waals surface area contributed by atoms with Crippen LogP contribution in [0.3, 0.4) is 0 Å². The van der Waals surface area contributed by atoms with E-state index in [4.69, 9.17) is 0 Å². The molecule has 0 saturated heterocycles. The zero-order chi connectivity index (χ0) is 13.2. The summed E-state index contributed by atoms with van der Waals surface area (Å²) in [5.74, 6) is 1.30. The smallest absolute Gasteiger partial charge is 0.0291 e. The number of thioether (sulfide) groups is 2. The van der Waals surface area contributed by atoms with Gasteiger partial charge in [-0.2, -0.15) is 11.8 Å². The first kappa shape index (κ1) is 15.9. The van der Waals surface area contributed by atoms with E-state index in [-0.39, 0.29) is 0 Å². The maximum atomic E-state index is 3.60. The van der Waals surface area contributed by atoms with E-state index < -0.39 is 0 Å². The summed E-state index contributed by atoms with van der Waals surface area (Å²) < 4.78 is 0. The summed E-state index contributed by atoms with van der Waals surface area (Å²) in [6.07, 6.45) is 8.27. The zero-order valence-electron chi connectivity index (χ0n) is 11.7. The molecule has 1 nitrogen and oxygen atoms in total. The molecule has 1 unspecified atom stereocenters. The molecule has 0 amide bonds. The van der Waals surface area contributed by atoms with Crippen LogP contribution in [0.5, 0.6) is 0 Å². The Hall–Kier alpha value is -0.120. The first-order valence-corrected chi connectivity index (χ1v) is 9.26. The van der Waals surface area contributed by atoms with Crippen molar-refractivity contribution in [3.8, 4) is 0 Å². The van der Waals surface area contributed by atoms with Gasteiger partial charge in [-0.3, -0.25) is 0 Å². The van der Waals surface area contributed by atoms with E-state index in [0.29, 0.717) is 6.04 Å². The van der Waals surface area contributed by atoms with Gasteiger partial charge in [-0.25, -0.2) is 0 Å². The zero-order valence-corrected chi connectivity index (χ0v) is 13.4. The van der Waals surface area contributed by atoms with Crippen molar-refractivity contribution >= 4 is 23.5 Å². The molecule has 3 heteroatoms. The van der Waals surface area contributed by atoms with Crippen LogP contribution in [0.2, 0.25) is 0 Å². The molecule has 0 heterocycles. The lowest BCUT2D eigenvalue weighted by atomic mass is 10.1. The van der Waals surface area contributed by atoms with Crippen LogP contribution in [0, 0.1) is 0 Å². The molecule has 0 aromatic heterocycles. The van der Waals surface area contributed by atoms with E-state index in [2.05, 4.69) is 49.0 Å². The maximum Gasteiger partial charge on any atom is 0.0291 e. The molecule has 0 saturated carbocycles. The van der Waals surface area contributed by atoms with E-state index in [1.165, 1.54) is 35.5 Å². The Kier molecular flexibility index (Phi) is 8.64. The highest BCUT2D eigenvalue weighted by Crippen LogP contribution is 2.18. The molecule has 1 aromatic rings. The number of rotatable bonds is 9. The van der Waals surface area contributed by atoms with Gasteiger partial charge < -0.3 is 5.32 Å².